The molecule has 0 atom stereocenters. The third-order valence-electron chi connectivity index (χ3n) is 3.16. The molecule has 0 saturated carbocycles. The number of aromatic carboxylic acids is 1. The van der Waals surface area contributed by atoms with E-state index in [1.54, 1.807) is 18.2 Å². The van der Waals surface area contributed by atoms with Gasteiger partial charge in [-0.1, -0.05) is 0 Å². The molecule has 0 aliphatic heterocycles. The largest absolute Gasteiger partial charge is 0.497 e. The number of ether oxygens (including phenoxy) is 2. The fourth-order valence-corrected chi connectivity index (χ4v) is 1.96. The van der Waals surface area contributed by atoms with Gasteiger partial charge in [-0.2, -0.15) is 4.73 Å². The summed E-state index contributed by atoms with van der Waals surface area (Å²) in [4.78, 5) is 39.8. The Morgan fingerprint density at radius 2 is 1.96 bits per heavy atom. The maximum absolute atomic E-state index is 12.0. The SMILES string of the molecule is COc1ccc(NC(=O)COn2cccc(C(=O)O)c2=O)c(OC)c1. The Morgan fingerprint density at radius 1 is 1.20 bits per heavy atom. The second kappa shape index (κ2) is 7.86. The van der Waals surface area contributed by atoms with Crippen molar-refractivity contribution in [3.8, 4) is 11.5 Å². The molecule has 0 saturated heterocycles. The van der Waals surface area contributed by atoms with Gasteiger partial charge in [0.15, 0.2) is 6.61 Å². The highest BCUT2D eigenvalue weighted by atomic mass is 16.7. The van der Waals surface area contributed by atoms with Gasteiger partial charge in [-0.05, 0) is 24.3 Å². The number of anilines is 1. The number of methoxy groups -OCH3 is 2. The molecule has 0 unspecified atom stereocenters. The number of nitrogens with one attached hydrogen (secondary N) is 1. The van der Waals surface area contributed by atoms with Crippen LogP contribution in [0.4, 0.5) is 5.69 Å². The molecule has 0 radical (unpaired) electrons. The lowest BCUT2D eigenvalue weighted by atomic mass is 10.2. The molecule has 132 valence electrons. The fraction of sp³-hybridized carbons (Fsp3) is 0.188. The molecule has 1 aromatic carbocycles. The van der Waals surface area contributed by atoms with Crippen molar-refractivity contribution < 1.29 is 29.0 Å². The number of amides is 1. The minimum absolute atomic E-state index is 0.387. The van der Waals surface area contributed by atoms with Crippen molar-refractivity contribution in [1.29, 1.82) is 0 Å². The van der Waals surface area contributed by atoms with E-state index in [2.05, 4.69) is 5.32 Å². The monoisotopic (exact) mass is 348 g/mol. The van der Waals surface area contributed by atoms with Gasteiger partial charge >= 0.3 is 5.97 Å². The first kappa shape index (κ1) is 17.9. The molecular weight excluding hydrogens is 332 g/mol. The van der Waals surface area contributed by atoms with Gasteiger partial charge in [0.05, 0.1) is 19.9 Å². The lowest BCUT2D eigenvalue weighted by Crippen LogP contribution is -2.34. The van der Waals surface area contributed by atoms with E-state index in [0.717, 1.165) is 6.07 Å². The predicted octanol–water partition coefficient (Wildman–Crippen LogP) is 0.631. The highest BCUT2D eigenvalue weighted by molar-refractivity contribution is 5.93. The van der Waals surface area contributed by atoms with E-state index in [4.69, 9.17) is 19.4 Å². The van der Waals surface area contributed by atoms with Crippen LogP contribution in [-0.4, -0.2) is 42.5 Å². The standard InChI is InChI=1S/C16H16N2O7/c1-23-10-5-6-12(13(8-10)24-2)17-14(19)9-25-18-7-3-4-11(15(18)20)16(21)22/h3-8H,9H2,1-2H3,(H,17,19)(H,21,22). The normalized spacial score (nSPS) is 10.0. The molecule has 1 aromatic heterocycles. The summed E-state index contributed by atoms with van der Waals surface area (Å²) in [7, 11) is 2.95. The summed E-state index contributed by atoms with van der Waals surface area (Å²) in [6.45, 7) is -0.502. The smallest absolute Gasteiger partial charge is 0.341 e. The van der Waals surface area contributed by atoms with Crippen LogP contribution < -0.4 is 25.2 Å². The highest BCUT2D eigenvalue weighted by Crippen LogP contribution is 2.28. The van der Waals surface area contributed by atoms with Crippen LogP contribution in [0.1, 0.15) is 10.4 Å². The average Bonchev–Trinajstić information content (AvgIpc) is 2.60. The van der Waals surface area contributed by atoms with Crippen LogP contribution >= 0.6 is 0 Å². The van der Waals surface area contributed by atoms with Crippen LogP contribution in [0.5, 0.6) is 11.5 Å². The first-order chi connectivity index (χ1) is 12.0. The van der Waals surface area contributed by atoms with Gasteiger partial charge in [0.25, 0.3) is 11.5 Å². The minimum Gasteiger partial charge on any atom is -0.497 e. The second-order valence-corrected chi connectivity index (χ2v) is 4.75. The molecule has 2 rings (SSSR count). The van der Waals surface area contributed by atoms with Crippen molar-refractivity contribution in [3.63, 3.8) is 0 Å². The van der Waals surface area contributed by atoms with E-state index in [0.29, 0.717) is 21.9 Å². The quantitative estimate of drug-likeness (QED) is 0.754. The van der Waals surface area contributed by atoms with Crippen molar-refractivity contribution in [2.45, 2.75) is 0 Å². The van der Waals surface area contributed by atoms with Crippen molar-refractivity contribution in [3.05, 3.63) is 52.4 Å². The molecule has 1 amide bonds. The van der Waals surface area contributed by atoms with Crippen LogP contribution in [-0.2, 0) is 4.79 Å². The minimum atomic E-state index is -1.38. The molecule has 0 aliphatic carbocycles. The zero-order valence-electron chi connectivity index (χ0n) is 13.5. The first-order valence-electron chi connectivity index (χ1n) is 7.06. The summed E-state index contributed by atoms with van der Waals surface area (Å²) in [5, 5.41) is 11.5. The molecule has 9 heteroatoms. The molecule has 2 aromatic rings. The summed E-state index contributed by atoms with van der Waals surface area (Å²) in [6, 6.07) is 7.30. The van der Waals surface area contributed by atoms with E-state index in [-0.39, 0.29) is 0 Å². The first-order valence-corrected chi connectivity index (χ1v) is 7.06. The predicted molar refractivity (Wildman–Crippen MR) is 87.3 cm³/mol. The van der Waals surface area contributed by atoms with Gasteiger partial charge < -0.3 is 24.7 Å². The van der Waals surface area contributed by atoms with Crippen molar-refractivity contribution in [1.82, 2.24) is 4.73 Å². The number of carbonyl (C=O) groups is 2. The number of hydrogen-bond donors (Lipinski definition) is 2. The Kier molecular flexibility index (Phi) is 5.62. The third kappa shape index (κ3) is 4.28. The molecule has 9 nitrogen and oxygen atoms in total. The molecular formula is C16H16N2O7. The fourth-order valence-electron chi connectivity index (χ4n) is 1.96. The molecule has 0 bridgehead atoms. The second-order valence-electron chi connectivity index (χ2n) is 4.75. The summed E-state index contributed by atoms with van der Waals surface area (Å²) in [5.74, 6) is -0.993. The number of pyridine rings is 1. The molecule has 2 N–H and O–H groups in total. The summed E-state index contributed by atoms with van der Waals surface area (Å²) >= 11 is 0. The highest BCUT2D eigenvalue weighted by Gasteiger charge is 2.13. The van der Waals surface area contributed by atoms with Gasteiger partial charge in [-0.15, -0.1) is 0 Å². The van der Waals surface area contributed by atoms with Crippen LogP contribution in [0.3, 0.4) is 0 Å². The molecule has 1 heterocycles. The topological polar surface area (TPSA) is 116 Å². The van der Waals surface area contributed by atoms with Gasteiger partial charge in [0.2, 0.25) is 0 Å². The van der Waals surface area contributed by atoms with Crippen LogP contribution in [0.2, 0.25) is 0 Å². The maximum atomic E-state index is 12.0. The van der Waals surface area contributed by atoms with Crippen molar-refractivity contribution >= 4 is 17.6 Å². The van der Waals surface area contributed by atoms with Crippen molar-refractivity contribution in [2.75, 3.05) is 26.1 Å². The van der Waals surface area contributed by atoms with Gasteiger partial charge in [0, 0.05) is 12.3 Å². The summed E-state index contributed by atoms with van der Waals surface area (Å²) in [6.07, 6.45) is 1.22. The van der Waals surface area contributed by atoms with Gasteiger partial charge in [-0.25, -0.2) is 4.79 Å². The zero-order chi connectivity index (χ0) is 18.4. The number of benzene rings is 1. The number of carboxylic acid groups (broad SMARTS) is 1. The Morgan fingerprint density at radius 3 is 2.60 bits per heavy atom. The van der Waals surface area contributed by atoms with E-state index >= 15 is 0 Å². The summed E-state index contributed by atoms with van der Waals surface area (Å²) < 4.78 is 10.9. The van der Waals surface area contributed by atoms with Crippen LogP contribution in [0.15, 0.2) is 41.3 Å². The Labute approximate surface area is 142 Å². The summed E-state index contributed by atoms with van der Waals surface area (Å²) in [5.41, 5.74) is -0.937. The van der Waals surface area contributed by atoms with E-state index in [1.807, 2.05) is 0 Å². The lowest BCUT2D eigenvalue weighted by Gasteiger charge is -2.12. The number of rotatable bonds is 7. The maximum Gasteiger partial charge on any atom is 0.341 e. The Hall–Kier alpha value is -3.49. The number of carboxylic acids is 1. The van der Waals surface area contributed by atoms with E-state index in [1.165, 1.54) is 26.5 Å². The number of carbonyl (C=O) groups excluding carboxylic acids is 1. The van der Waals surface area contributed by atoms with Crippen LogP contribution in [0, 0.1) is 0 Å². The third-order valence-corrected chi connectivity index (χ3v) is 3.16. The molecule has 0 spiro atoms. The molecule has 25 heavy (non-hydrogen) atoms. The number of hydrogen-bond acceptors (Lipinski definition) is 6. The Bertz CT molecular complexity index is 845. The number of nitrogens with zero attached hydrogens (tertiary/aromatic N) is 1. The number of aromatic nitrogens is 1. The van der Waals surface area contributed by atoms with Crippen LogP contribution in [0.25, 0.3) is 0 Å². The lowest BCUT2D eigenvalue weighted by molar-refractivity contribution is -0.120. The van der Waals surface area contributed by atoms with Crippen molar-refractivity contribution in [2.24, 2.45) is 0 Å². The zero-order valence-corrected chi connectivity index (χ0v) is 13.5. The van der Waals surface area contributed by atoms with E-state index in [9.17, 15) is 14.4 Å². The molecule has 0 fully saturated rings. The Balaban J connectivity index is 2.06. The van der Waals surface area contributed by atoms with E-state index < -0.39 is 29.6 Å². The molecule has 0 aliphatic rings. The average molecular weight is 348 g/mol. The van der Waals surface area contributed by atoms with Gasteiger partial charge in [-0.3, -0.25) is 9.59 Å². The van der Waals surface area contributed by atoms with Gasteiger partial charge in [0.1, 0.15) is 17.1 Å².